The van der Waals surface area contributed by atoms with Crippen LogP contribution in [0.15, 0.2) is 35.7 Å². The lowest BCUT2D eigenvalue weighted by Gasteiger charge is -2.10. The average Bonchev–Trinajstić information content (AvgIpc) is 3.17. The molecule has 2 aromatic rings. The summed E-state index contributed by atoms with van der Waals surface area (Å²) in [7, 11) is 3.22. The summed E-state index contributed by atoms with van der Waals surface area (Å²) < 4.78 is 10.5. The fourth-order valence-corrected chi connectivity index (χ4v) is 3.52. The molecule has 5 heteroatoms. The maximum absolute atomic E-state index is 12.2. The van der Waals surface area contributed by atoms with E-state index in [0.717, 1.165) is 12.0 Å². The summed E-state index contributed by atoms with van der Waals surface area (Å²) >= 11 is 1.73. The van der Waals surface area contributed by atoms with Gasteiger partial charge in [-0.15, -0.1) is 11.3 Å². The minimum Gasteiger partial charge on any atom is -0.493 e. The van der Waals surface area contributed by atoms with E-state index in [-0.39, 0.29) is 11.8 Å². The summed E-state index contributed by atoms with van der Waals surface area (Å²) in [4.78, 5) is 13.5. The van der Waals surface area contributed by atoms with Gasteiger partial charge >= 0.3 is 0 Å². The van der Waals surface area contributed by atoms with Crippen molar-refractivity contribution < 1.29 is 14.3 Å². The highest BCUT2D eigenvalue weighted by atomic mass is 32.1. The summed E-state index contributed by atoms with van der Waals surface area (Å²) in [5.74, 6) is 2.03. The first-order valence-corrected chi connectivity index (χ1v) is 8.13. The van der Waals surface area contributed by atoms with Gasteiger partial charge in [-0.05, 0) is 35.6 Å². The zero-order valence-corrected chi connectivity index (χ0v) is 13.5. The van der Waals surface area contributed by atoms with Crippen LogP contribution in [-0.2, 0) is 11.3 Å². The molecule has 1 aromatic carbocycles. The first kappa shape index (κ1) is 14.9. The maximum Gasteiger partial charge on any atom is 0.224 e. The molecule has 1 aliphatic carbocycles. The van der Waals surface area contributed by atoms with E-state index in [0.29, 0.717) is 24.0 Å². The minimum atomic E-state index is 0.124. The Kier molecular flexibility index (Phi) is 4.34. The molecule has 1 fully saturated rings. The molecule has 116 valence electrons. The third-order valence-corrected chi connectivity index (χ3v) is 4.95. The Bertz CT molecular complexity index is 654. The molecule has 1 aromatic heterocycles. The Balaban J connectivity index is 1.56. The Hall–Kier alpha value is -2.01. The number of amides is 1. The Morgan fingerprint density at radius 1 is 1.27 bits per heavy atom. The van der Waals surface area contributed by atoms with Gasteiger partial charge in [0.25, 0.3) is 0 Å². The third kappa shape index (κ3) is 3.09. The fourth-order valence-electron chi connectivity index (χ4n) is 2.61. The SMILES string of the molecule is COc1ccc(CNC(=O)C2CC2c2cccs2)cc1OC. The smallest absolute Gasteiger partial charge is 0.224 e. The average molecular weight is 317 g/mol. The number of ether oxygens (including phenoxy) is 2. The molecule has 0 spiro atoms. The predicted molar refractivity (Wildman–Crippen MR) is 86.6 cm³/mol. The van der Waals surface area contributed by atoms with Crippen LogP contribution in [0.5, 0.6) is 11.5 Å². The van der Waals surface area contributed by atoms with Gasteiger partial charge in [-0.2, -0.15) is 0 Å². The molecule has 2 atom stereocenters. The van der Waals surface area contributed by atoms with Crippen molar-refractivity contribution in [2.75, 3.05) is 14.2 Å². The lowest BCUT2D eigenvalue weighted by molar-refractivity contribution is -0.122. The van der Waals surface area contributed by atoms with Crippen molar-refractivity contribution in [1.29, 1.82) is 0 Å². The van der Waals surface area contributed by atoms with E-state index in [1.54, 1.807) is 25.6 Å². The maximum atomic E-state index is 12.2. The van der Waals surface area contributed by atoms with Crippen molar-refractivity contribution in [1.82, 2.24) is 5.32 Å². The van der Waals surface area contributed by atoms with Crippen LogP contribution in [0.1, 0.15) is 22.8 Å². The molecule has 1 heterocycles. The molecular formula is C17H19NO3S. The Morgan fingerprint density at radius 3 is 2.77 bits per heavy atom. The van der Waals surface area contributed by atoms with Gasteiger partial charge in [-0.3, -0.25) is 4.79 Å². The van der Waals surface area contributed by atoms with Gasteiger partial charge in [0, 0.05) is 23.3 Å². The largest absolute Gasteiger partial charge is 0.493 e. The van der Waals surface area contributed by atoms with Crippen LogP contribution >= 0.6 is 11.3 Å². The van der Waals surface area contributed by atoms with E-state index in [1.165, 1.54) is 4.88 Å². The van der Waals surface area contributed by atoms with E-state index in [9.17, 15) is 4.79 Å². The molecule has 1 aliphatic rings. The lowest BCUT2D eigenvalue weighted by Crippen LogP contribution is -2.24. The lowest BCUT2D eigenvalue weighted by atomic mass is 10.2. The van der Waals surface area contributed by atoms with E-state index in [2.05, 4.69) is 16.8 Å². The third-order valence-electron chi connectivity index (χ3n) is 3.95. The highest BCUT2D eigenvalue weighted by molar-refractivity contribution is 7.10. The van der Waals surface area contributed by atoms with Crippen LogP contribution in [0.3, 0.4) is 0 Å². The van der Waals surface area contributed by atoms with Crippen molar-refractivity contribution >= 4 is 17.2 Å². The summed E-state index contributed by atoms with van der Waals surface area (Å²) in [6, 6.07) is 9.83. The number of hydrogen-bond donors (Lipinski definition) is 1. The number of nitrogens with one attached hydrogen (secondary N) is 1. The number of benzene rings is 1. The first-order valence-electron chi connectivity index (χ1n) is 7.25. The fraction of sp³-hybridized carbons (Fsp3) is 0.353. The minimum absolute atomic E-state index is 0.124. The van der Waals surface area contributed by atoms with Crippen LogP contribution in [-0.4, -0.2) is 20.1 Å². The standard InChI is InChI=1S/C17H19NO3S/c1-20-14-6-5-11(8-15(14)21-2)10-18-17(19)13-9-12(13)16-4-3-7-22-16/h3-8,12-13H,9-10H2,1-2H3,(H,18,19). The molecule has 0 bridgehead atoms. The van der Waals surface area contributed by atoms with Gasteiger partial charge in [0.05, 0.1) is 14.2 Å². The molecule has 3 rings (SSSR count). The van der Waals surface area contributed by atoms with Gasteiger partial charge in [0.15, 0.2) is 11.5 Å². The summed E-state index contributed by atoms with van der Waals surface area (Å²) in [6.07, 6.45) is 0.957. The van der Waals surface area contributed by atoms with Crippen molar-refractivity contribution in [3.05, 3.63) is 46.2 Å². The van der Waals surface area contributed by atoms with Crippen LogP contribution in [0.2, 0.25) is 0 Å². The monoisotopic (exact) mass is 317 g/mol. The molecule has 1 amide bonds. The summed E-state index contributed by atoms with van der Waals surface area (Å²) in [6.45, 7) is 0.507. The van der Waals surface area contributed by atoms with E-state index in [1.807, 2.05) is 24.3 Å². The molecule has 4 nitrogen and oxygen atoms in total. The number of hydrogen-bond acceptors (Lipinski definition) is 4. The van der Waals surface area contributed by atoms with E-state index < -0.39 is 0 Å². The number of carbonyl (C=O) groups is 1. The molecule has 0 aliphatic heterocycles. The second-order valence-electron chi connectivity index (χ2n) is 5.37. The van der Waals surface area contributed by atoms with Gasteiger partial charge in [-0.25, -0.2) is 0 Å². The predicted octanol–water partition coefficient (Wildman–Crippen LogP) is 3.19. The second kappa shape index (κ2) is 6.40. The van der Waals surface area contributed by atoms with E-state index >= 15 is 0 Å². The second-order valence-corrected chi connectivity index (χ2v) is 6.35. The van der Waals surface area contributed by atoms with Crippen molar-refractivity contribution in [3.8, 4) is 11.5 Å². The number of methoxy groups -OCH3 is 2. The zero-order valence-electron chi connectivity index (χ0n) is 12.7. The number of carbonyl (C=O) groups excluding carboxylic acids is 1. The van der Waals surface area contributed by atoms with Gasteiger partial charge < -0.3 is 14.8 Å². The van der Waals surface area contributed by atoms with Crippen LogP contribution in [0, 0.1) is 5.92 Å². The normalized spacial score (nSPS) is 19.5. The molecule has 1 N–H and O–H groups in total. The molecule has 1 saturated carbocycles. The molecule has 22 heavy (non-hydrogen) atoms. The highest BCUT2D eigenvalue weighted by Gasteiger charge is 2.44. The topological polar surface area (TPSA) is 47.6 Å². The van der Waals surface area contributed by atoms with E-state index in [4.69, 9.17) is 9.47 Å². The van der Waals surface area contributed by atoms with Crippen LogP contribution < -0.4 is 14.8 Å². The molecule has 0 radical (unpaired) electrons. The van der Waals surface area contributed by atoms with Gasteiger partial charge in [-0.1, -0.05) is 12.1 Å². The van der Waals surface area contributed by atoms with Crippen molar-refractivity contribution in [3.63, 3.8) is 0 Å². The quantitative estimate of drug-likeness (QED) is 0.890. The molecule has 2 unspecified atom stereocenters. The van der Waals surface area contributed by atoms with Crippen molar-refractivity contribution in [2.24, 2.45) is 5.92 Å². The van der Waals surface area contributed by atoms with Crippen LogP contribution in [0.25, 0.3) is 0 Å². The Labute approximate surface area is 134 Å². The molecule has 0 saturated heterocycles. The van der Waals surface area contributed by atoms with Crippen molar-refractivity contribution in [2.45, 2.75) is 18.9 Å². The first-order chi connectivity index (χ1) is 10.7. The Morgan fingerprint density at radius 2 is 2.09 bits per heavy atom. The zero-order chi connectivity index (χ0) is 15.5. The van der Waals surface area contributed by atoms with Gasteiger partial charge in [0.1, 0.15) is 0 Å². The van der Waals surface area contributed by atoms with Gasteiger partial charge in [0.2, 0.25) is 5.91 Å². The molecular weight excluding hydrogens is 298 g/mol. The van der Waals surface area contributed by atoms with Crippen LogP contribution in [0.4, 0.5) is 0 Å². The summed E-state index contributed by atoms with van der Waals surface area (Å²) in [5, 5.41) is 5.07. The summed E-state index contributed by atoms with van der Waals surface area (Å²) in [5.41, 5.74) is 0.999. The number of rotatable bonds is 6. The number of thiophene rings is 1. The highest BCUT2D eigenvalue weighted by Crippen LogP contribution is 2.49.